The van der Waals surface area contributed by atoms with Gasteiger partial charge in [0.15, 0.2) is 0 Å². The highest BCUT2D eigenvalue weighted by molar-refractivity contribution is 6.30. The second kappa shape index (κ2) is 8.48. The Bertz CT molecular complexity index is 603. The third kappa shape index (κ3) is 5.21. The van der Waals surface area contributed by atoms with Crippen molar-refractivity contribution in [2.75, 3.05) is 18.4 Å². The Morgan fingerprint density at radius 1 is 1.30 bits per heavy atom. The maximum Gasteiger partial charge on any atom is 0.246 e. The minimum absolute atomic E-state index is 0.0127. The highest BCUT2D eigenvalue weighted by Gasteiger charge is 2.26. The van der Waals surface area contributed by atoms with E-state index in [1.807, 2.05) is 19.1 Å². The minimum atomic E-state index is -0.101. The maximum absolute atomic E-state index is 12.2. The summed E-state index contributed by atoms with van der Waals surface area (Å²) in [6.45, 7) is 3.07. The Hall–Kier alpha value is -2.14. The van der Waals surface area contributed by atoms with Crippen LogP contribution in [-0.2, 0) is 9.59 Å². The zero-order valence-corrected chi connectivity index (χ0v) is 13.8. The van der Waals surface area contributed by atoms with Crippen LogP contribution in [0.4, 0.5) is 5.82 Å². The molecule has 2 amide bonds. The number of pyridine rings is 1. The largest absolute Gasteiger partial charge is 0.339 e. The van der Waals surface area contributed by atoms with Crippen molar-refractivity contribution in [2.45, 2.75) is 19.8 Å². The molecule has 0 atom stereocenters. The van der Waals surface area contributed by atoms with E-state index >= 15 is 0 Å². The molecule has 1 aliphatic rings. The van der Waals surface area contributed by atoms with Crippen molar-refractivity contribution in [1.29, 1.82) is 0 Å². The number of nitrogens with zero attached hydrogens (tertiary/aromatic N) is 2. The van der Waals surface area contributed by atoms with Gasteiger partial charge in [-0.25, -0.2) is 4.98 Å². The number of hydrogen-bond donors (Lipinski definition) is 1. The molecule has 0 unspecified atom stereocenters. The minimum Gasteiger partial charge on any atom is -0.339 e. The lowest BCUT2D eigenvalue weighted by atomic mass is 9.96. The number of nitrogens with one attached hydrogen (secondary N) is 1. The number of allylic oxidation sites excluding steroid dienone is 3. The van der Waals surface area contributed by atoms with E-state index in [0.717, 1.165) is 0 Å². The van der Waals surface area contributed by atoms with Crippen molar-refractivity contribution >= 4 is 29.2 Å². The van der Waals surface area contributed by atoms with Gasteiger partial charge >= 0.3 is 0 Å². The summed E-state index contributed by atoms with van der Waals surface area (Å²) >= 11 is 5.77. The van der Waals surface area contributed by atoms with Gasteiger partial charge in [0.2, 0.25) is 11.8 Å². The van der Waals surface area contributed by atoms with Crippen LogP contribution in [0.3, 0.4) is 0 Å². The van der Waals surface area contributed by atoms with E-state index in [2.05, 4.69) is 10.3 Å². The Labute approximate surface area is 141 Å². The van der Waals surface area contributed by atoms with Crippen LogP contribution in [0.25, 0.3) is 0 Å². The van der Waals surface area contributed by atoms with Crippen LogP contribution in [0.2, 0.25) is 5.02 Å². The van der Waals surface area contributed by atoms with Crippen LogP contribution in [-0.4, -0.2) is 34.8 Å². The van der Waals surface area contributed by atoms with Crippen molar-refractivity contribution in [3.05, 3.63) is 47.7 Å². The molecule has 2 heterocycles. The number of anilines is 1. The molecule has 0 saturated carbocycles. The first-order valence-corrected chi connectivity index (χ1v) is 7.98. The van der Waals surface area contributed by atoms with Crippen LogP contribution >= 0.6 is 11.6 Å². The molecule has 1 aliphatic heterocycles. The van der Waals surface area contributed by atoms with Crippen molar-refractivity contribution < 1.29 is 9.59 Å². The average Bonchev–Trinajstić information content (AvgIpc) is 2.57. The van der Waals surface area contributed by atoms with Gasteiger partial charge in [-0.15, -0.1) is 0 Å². The smallest absolute Gasteiger partial charge is 0.246 e. The summed E-state index contributed by atoms with van der Waals surface area (Å²) in [5, 5.41) is 3.32. The van der Waals surface area contributed by atoms with E-state index in [0.29, 0.717) is 36.8 Å². The molecule has 122 valence electrons. The molecule has 1 saturated heterocycles. The van der Waals surface area contributed by atoms with E-state index in [9.17, 15) is 9.59 Å². The molecule has 0 aliphatic carbocycles. The molecule has 0 spiro atoms. The van der Waals surface area contributed by atoms with Crippen LogP contribution < -0.4 is 5.32 Å². The summed E-state index contributed by atoms with van der Waals surface area (Å²) in [6.07, 6.45) is 9.77. The third-order valence-corrected chi connectivity index (χ3v) is 3.92. The predicted molar refractivity (Wildman–Crippen MR) is 91.1 cm³/mol. The first-order chi connectivity index (χ1) is 11.1. The molecular formula is C17H20ClN3O2. The number of piperidine rings is 1. The van der Waals surface area contributed by atoms with E-state index < -0.39 is 0 Å². The van der Waals surface area contributed by atoms with E-state index in [-0.39, 0.29) is 17.7 Å². The summed E-state index contributed by atoms with van der Waals surface area (Å²) in [6, 6.07) is 3.35. The number of rotatable bonds is 4. The number of halogens is 1. The Kier molecular flexibility index (Phi) is 6.35. The second-order valence-electron chi connectivity index (χ2n) is 5.34. The molecule has 6 heteroatoms. The van der Waals surface area contributed by atoms with Gasteiger partial charge < -0.3 is 10.2 Å². The fourth-order valence-corrected chi connectivity index (χ4v) is 2.51. The summed E-state index contributed by atoms with van der Waals surface area (Å²) in [4.78, 5) is 30.0. The molecule has 2 rings (SSSR count). The van der Waals surface area contributed by atoms with Gasteiger partial charge in [0, 0.05) is 31.3 Å². The number of likely N-dealkylation sites (tertiary alicyclic amines) is 1. The Morgan fingerprint density at radius 3 is 2.65 bits per heavy atom. The monoisotopic (exact) mass is 333 g/mol. The lowest BCUT2D eigenvalue weighted by Crippen LogP contribution is -2.40. The zero-order chi connectivity index (χ0) is 16.7. The lowest BCUT2D eigenvalue weighted by molar-refractivity contribution is -0.130. The molecule has 0 radical (unpaired) electrons. The van der Waals surface area contributed by atoms with E-state index in [1.54, 1.807) is 29.2 Å². The Morgan fingerprint density at radius 2 is 2.04 bits per heavy atom. The molecule has 0 bridgehead atoms. The van der Waals surface area contributed by atoms with Gasteiger partial charge in [0.1, 0.15) is 5.82 Å². The van der Waals surface area contributed by atoms with Gasteiger partial charge in [0.25, 0.3) is 0 Å². The topological polar surface area (TPSA) is 62.3 Å². The second-order valence-corrected chi connectivity index (χ2v) is 5.77. The molecule has 5 nitrogen and oxygen atoms in total. The predicted octanol–water partition coefficient (Wildman–Crippen LogP) is 3.04. The van der Waals surface area contributed by atoms with Crippen LogP contribution in [0, 0.1) is 5.92 Å². The first-order valence-electron chi connectivity index (χ1n) is 7.61. The summed E-state index contributed by atoms with van der Waals surface area (Å²) in [5.41, 5.74) is 0. The highest BCUT2D eigenvalue weighted by atomic mass is 35.5. The van der Waals surface area contributed by atoms with Crippen LogP contribution in [0.5, 0.6) is 0 Å². The van der Waals surface area contributed by atoms with Gasteiger partial charge in [-0.3, -0.25) is 9.59 Å². The van der Waals surface area contributed by atoms with Crippen molar-refractivity contribution in [3.63, 3.8) is 0 Å². The SMILES string of the molecule is C/C=C/C=C\C(=O)N1CCC(C(=O)Nc2ccc(Cl)cn2)CC1. The number of carbonyl (C=O) groups is 2. The van der Waals surface area contributed by atoms with Crippen molar-refractivity contribution in [1.82, 2.24) is 9.88 Å². The van der Waals surface area contributed by atoms with Crippen LogP contribution in [0.1, 0.15) is 19.8 Å². The van der Waals surface area contributed by atoms with Crippen LogP contribution in [0.15, 0.2) is 42.6 Å². The third-order valence-electron chi connectivity index (χ3n) is 3.70. The van der Waals surface area contributed by atoms with Gasteiger partial charge in [-0.05, 0) is 31.9 Å². The molecule has 1 N–H and O–H groups in total. The summed E-state index contributed by atoms with van der Waals surface area (Å²) in [5.74, 6) is 0.320. The van der Waals surface area contributed by atoms with E-state index in [4.69, 9.17) is 11.6 Å². The standard InChI is InChI=1S/C17H20ClN3O2/c1-2-3-4-5-16(22)21-10-8-13(9-11-21)17(23)20-15-7-6-14(18)12-19-15/h2-7,12-13H,8-11H2,1H3,(H,19,20,23)/b3-2+,5-4-. The number of aromatic nitrogens is 1. The maximum atomic E-state index is 12.2. The van der Waals surface area contributed by atoms with Crippen molar-refractivity contribution in [3.8, 4) is 0 Å². The normalized spacial score (nSPS) is 16.2. The molecule has 0 aromatic carbocycles. The number of carbonyl (C=O) groups excluding carboxylic acids is 2. The zero-order valence-electron chi connectivity index (χ0n) is 13.0. The number of hydrogen-bond acceptors (Lipinski definition) is 3. The molecule has 23 heavy (non-hydrogen) atoms. The van der Waals surface area contributed by atoms with E-state index in [1.165, 1.54) is 6.20 Å². The van der Waals surface area contributed by atoms with Gasteiger partial charge in [-0.2, -0.15) is 0 Å². The summed E-state index contributed by atoms with van der Waals surface area (Å²) < 4.78 is 0. The molecular weight excluding hydrogens is 314 g/mol. The molecule has 1 aromatic rings. The molecule has 1 fully saturated rings. The van der Waals surface area contributed by atoms with Gasteiger partial charge in [0.05, 0.1) is 5.02 Å². The first kappa shape index (κ1) is 17.2. The lowest BCUT2D eigenvalue weighted by Gasteiger charge is -2.30. The highest BCUT2D eigenvalue weighted by Crippen LogP contribution is 2.19. The quantitative estimate of drug-likeness (QED) is 0.680. The fourth-order valence-electron chi connectivity index (χ4n) is 2.39. The summed E-state index contributed by atoms with van der Waals surface area (Å²) in [7, 11) is 0. The Balaban J connectivity index is 1.82. The average molecular weight is 334 g/mol. The molecule has 1 aromatic heterocycles. The number of amides is 2. The fraction of sp³-hybridized carbons (Fsp3) is 0.353. The van der Waals surface area contributed by atoms with Crippen molar-refractivity contribution in [2.24, 2.45) is 5.92 Å². The van der Waals surface area contributed by atoms with Gasteiger partial charge in [-0.1, -0.05) is 29.8 Å².